The van der Waals surface area contributed by atoms with Crippen LogP contribution in [0.15, 0.2) is 24.3 Å². The summed E-state index contributed by atoms with van der Waals surface area (Å²) in [5.74, 6) is 0.840. The Hall–Kier alpha value is -0.770. The molecule has 2 aliphatic carbocycles. The third-order valence-electron chi connectivity index (χ3n) is 4.71. The molecule has 2 aliphatic rings. The normalized spacial score (nSPS) is 25.9. The van der Waals surface area contributed by atoms with E-state index in [0.717, 1.165) is 36.3 Å². The summed E-state index contributed by atoms with van der Waals surface area (Å²) in [6.45, 7) is 0. The second kappa shape index (κ2) is 7.67. The zero-order chi connectivity index (χ0) is 14.8. The molecule has 1 aromatic rings. The molecule has 0 bridgehead atoms. The Morgan fingerprint density at radius 3 is 2.45 bits per heavy atom. The first-order valence-electron chi connectivity index (χ1n) is 7.95. The van der Waals surface area contributed by atoms with Crippen molar-refractivity contribution in [3.8, 4) is 0 Å². The van der Waals surface area contributed by atoms with Crippen molar-refractivity contribution in [2.75, 3.05) is 0 Å². The average Bonchev–Trinajstić information content (AvgIpc) is 3.30. The summed E-state index contributed by atoms with van der Waals surface area (Å²) in [6, 6.07) is 8.16. The zero-order valence-electron chi connectivity index (χ0n) is 12.6. The molecule has 1 aromatic carbocycles. The van der Waals surface area contributed by atoms with Crippen LogP contribution in [-0.4, -0.2) is 11.9 Å². The minimum atomic E-state index is 0. The van der Waals surface area contributed by atoms with Crippen LogP contribution in [0.5, 0.6) is 0 Å². The summed E-state index contributed by atoms with van der Waals surface area (Å²) in [7, 11) is 0. The number of nitrogens with two attached hydrogens (primary N) is 1. The van der Waals surface area contributed by atoms with Crippen LogP contribution < -0.4 is 11.1 Å². The lowest BCUT2D eigenvalue weighted by molar-refractivity contribution is -0.127. The van der Waals surface area contributed by atoms with Crippen molar-refractivity contribution in [1.29, 1.82) is 0 Å². The first-order chi connectivity index (χ1) is 10.1. The van der Waals surface area contributed by atoms with Crippen LogP contribution in [0.4, 0.5) is 0 Å². The standard InChI is InChI=1S/C17H23ClN2O.ClH/c18-14-8-6-12(7-9-14)16(11-4-5-11)20-17(21)13-2-1-3-15(19)10-13;/h6-9,11,13,15-16H,1-5,10,19H2,(H,20,21);1H. The van der Waals surface area contributed by atoms with Crippen LogP contribution in [0.1, 0.15) is 50.1 Å². The Kier molecular flexibility index (Phi) is 6.13. The van der Waals surface area contributed by atoms with E-state index in [1.807, 2.05) is 24.3 Å². The summed E-state index contributed by atoms with van der Waals surface area (Å²) in [5.41, 5.74) is 7.16. The minimum absolute atomic E-state index is 0. The van der Waals surface area contributed by atoms with E-state index < -0.39 is 0 Å². The maximum atomic E-state index is 12.5. The largest absolute Gasteiger partial charge is 0.349 e. The molecule has 0 heterocycles. The van der Waals surface area contributed by atoms with E-state index in [2.05, 4.69) is 5.32 Å². The number of hydrogen-bond acceptors (Lipinski definition) is 2. The van der Waals surface area contributed by atoms with Gasteiger partial charge in [0.2, 0.25) is 5.91 Å². The number of carbonyl (C=O) groups is 1. The quantitative estimate of drug-likeness (QED) is 0.873. The predicted octanol–water partition coefficient (Wildman–Crippen LogP) is 3.85. The summed E-state index contributed by atoms with van der Waals surface area (Å²) in [4.78, 5) is 12.5. The molecule has 122 valence electrons. The Morgan fingerprint density at radius 1 is 1.18 bits per heavy atom. The van der Waals surface area contributed by atoms with Gasteiger partial charge >= 0.3 is 0 Å². The summed E-state index contributed by atoms with van der Waals surface area (Å²) < 4.78 is 0. The molecule has 0 radical (unpaired) electrons. The van der Waals surface area contributed by atoms with Gasteiger partial charge in [-0.15, -0.1) is 12.4 Å². The number of halogens is 2. The SMILES string of the molecule is Cl.NC1CCCC(C(=O)NC(c2ccc(Cl)cc2)C2CC2)C1. The smallest absolute Gasteiger partial charge is 0.223 e. The lowest BCUT2D eigenvalue weighted by atomic mass is 9.85. The van der Waals surface area contributed by atoms with E-state index in [9.17, 15) is 4.79 Å². The average molecular weight is 343 g/mol. The van der Waals surface area contributed by atoms with E-state index >= 15 is 0 Å². The highest BCUT2D eigenvalue weighted by atomic mass is 35.5. The molecule has 0 aliphatic heterocycles. The van der Waals surface area contributed by atoms with Gasteiger partial charge in [-0.25, -0.2) is 0 Å². The highest BCUT2D eigenvalue weighted by Gasteiger charge is 2.35. The maximum Gasteiger partial charge on any atom is 0.223 e. The number of carbonyl (C=O) groups excluding carboxylic acids is 1. The van der Waals surface area contributed by atoms with Crippen molar-refractivity contribution in [2.45, 2.75) is 50.6 Å². The third-order valence-corrected chi connectivity index (χ3v) is 4.96. The van der Waals surface area contributed by atoms with Crippen molar-refractivity contribution in [1.82, 2.24) is 5.32 Å². The van der Waals surface area contributed by atoms with Gasteiger partial charge in [0.25, 0.3) is 0 Å². The summed E-state index contributed by atoms with van der Waals surface area (Å²) in [5, 5.41) is 4.00. The molecule has 0 saturated heterocycles. The van der Waals surface area contributed by atoms with Gasteiger partial charge in [0.05, 0.1) is 6.04 Å². The number of amides is 1. The molecule has 1 amide bonds. The fraction of sp³-hybridized carbons (Fsp3) is 0.588. The molecule has 5 heteroatoms. The molecule has 3 rings (SSSR count). The molecular weight excluding hydrogens is 319 g/mol. The van der Waals surface area contributed by atoms with E-state index in [1.54, 1.807) is 0 Å². The van der Waals surface area contributed by atoms with Crippen LogP contribution in [0.3, 0.4) is 0 Å². The number of benzene rings is 1. The summed E-state index contributed by atoms with van der Waals surface area (Å²) in [6.07, 6.45) is 6.29. The van der Waals surface area contributed by atoms with Crippen LogP contribution in [0.2, 0.25) is 5.02 Å². The molecule has 2 fully saturated rings. The first kappa shape index (κ1) is 17.6. The van der Waals surface area contributed by atoms with Crippen LogP contribution >= 0.6 is 24.0 Å². The Morgan fingerprint density at radius 2 is 1.86 bits per heavy atom. The number of nitrogens with one attached hydrogen (secondary N) is 1. The van der Waals surface area contributed by atoms with Crippen LogP contribution in [-0.2, 0) is 4.79 Å². The Labute approximate surface area is 143 Å². The Bertz CT molecular complexity index is 502. The van der Waals surface area contributed by atoms with Gasteiger partial charge in [-0.3, -0.25) is 4.79 Å². The minimum Gasteiger partial charge on any atom is -0.349 e. The Balaban J connectivity index is 0.00000176. The lowest BCUT2D eigenvalue weighted by Crippen LogP contribution is -2.39. The van der Waals surface area contributed by atoms with Crippen molar-refractivity contribution < 1.29 is 4.79 Å². The molecule has 3 nitrogen and oxygen atoms in total. The van der Waals surface area contributed by atoms with Gasteiger partial charge < -0.3 is 11.1 Å². The topological polar surface area (TPSA) is 55.1 Å². The van der Waals surface area contributed by atoms with E-state index in [4.69, 9.17) is 17.3 Å². The monoisotopic (exact) mass is 342 g/mol. The van der Waals surface area contributed by atoms with Gasteiger partial charge in [-0.2, -0.15) is 0 Å². The number of rotatable bonds is 4. The van der Waals surface area contributed by atoms with Crippen LogP contribution in [0, 0.1) is 11.8 Å². The highest BCUT2D eigenvalue weighted by Crippen LogP contribution is 2.41. The first-order valence-corrected chi connectivity index (χ1v) is 8.32. The maximum absolute atomic E-state index is 12.5. The molecule has 2 saturated carbocycles. The molecule has 3 unspecified atom stereocenters. The molecule has 22 heavy (non-hydrogen) atoms. The summed E-state index contributed by atoms with van der Waals surface area (Å²) >= 11 is 5.95. The van der Waals surface area contributed by atoms with Gasteiger partial charge in [-0.1, -0.05) is 30.2 Å². The van der Waals surface area contributed by atoms with Crippen LogP contribution in [0.25, 0.3) is 0 Å². The van der Waals surface area contributed by atoms with Gasteiger partial charge in [0.1, 0.15) is 0 Å². The zero-order valence-corrected chi connectivity index (χ0v) is 14.2. The van der Waals surface area contributed by atoms with Crippen molar-refractivity contribution in [2.24, 2.45) is 17.6 Å². The van der Waals surface area contributed by atoms with Gasteiger partial charge in [0.15, 0.2) is 0 Å². The van der Waals surface area contributed by atoms with Gasteiger partial charge in [0, 0.05) is 17.0 Å². The molecular formula is C17H24Cl2N2O. The highest BCUT2D eigenvalue weighted by molar-refractivity contribution is 6.30. The van der Waals surface area contributed by atoms with Crippen molar-refractivity contribution in [3.63, 3.8) is 0 Å². The number of hydrogen-bond donors (Lipinski definition) is 2. The van der Waals surface area contributed by atoms with Crippen molar-refractivity contribution >= 4 is 29.9 Å². The molecule has 0 spiro atoms. The molecule has 0 aromatic heterocycles. The third kappa shape index (κ3) is 4.37. The fourth-order valence-corrected chi connectivity index (χ4v) is 3.44. The van der Waals surface area contributed by atoms with E-state index in [0.29, 0.717) is 5.92 Å². The van der Waals surface area contributed by atoms with E-state index in [-0.39, 0.29) is 36.3 Å². The second-order valence-corrected chi connectivity index (χ2v) is 6.94. The lowest BCUT2D eigenvalue weighted by Gasteiger charge is -2.28. The molecule has 3 atom stereocenters. The second-order valence-electron chi connectivity index (χ2n) is 6.50. The predicted molar refractivity (Wildman–Crippen MR) is 92.2 cm³/mol. The fourth-order valence-electron chi connectivity index (χ4n) is 3.31. The van der Waals surface area contributed by atoms with Gasteiger partial charge in [-0.05, 0) is 55.7 Å². The molecule has 3 N–H and O–H groups in total. The van der Waals surface area contributed by atoms with E-state index in [1.165, 1.54) is 12.8 Å². The van der Waals surface area contributed by atoms with Crippen molar-refractivity contribution in [3.05, 3.63) is 34.9 Å².